The Bertz CT molecular complexity index is 497. The van der Waals surface area contributed by atoms with Crippen LogP contribution in [0.3, 0.4) is 0 Å². The van der Waals surface area contributed by atoms with Gasteiger partial charge in [-0.1, -0.05) is 24.3 Å². The van der Waals surface area contributed by atoms with Crippen molar-refractivity contribution in [2.75, 3.05) is 20.2 Å². The van der Waals surface area contributed by atoms with E-state index in [2.05, 4.69) is 24.4 Å². The molecule has 1 saturated carbocycles. The summed E-state index contributed by atoms with van der Waals surface area (Å²) >= 11 is 0. The summed E-state index contributed by atoms with van der Waals surface area (Å²) in [7, 11) is 1.82. The molecule has 1 fully saturated rings. The molecule has 0 spiro atoms. The third-order valence-electron chi connectivity index (χ3n) is 4.09. The lowest BCUT2D eigenvalue weighted by atomic mass is 9.99. The van der Waals surface area contributed by atoms with Crippen molar-refractivity contribution in [1.82, 2.24) is 10.2 Å². The number of nitrogens with one attached hydrogen (secondary N) is 1. The average Bonchev–Trinajstić information content (AvgIpc) is 3.20. The SMILES string of the molecule is CCOC(C)CN(C)C(=O)NC1(c2ccccc2C)CC1. The molecule has 1 N–H and O–H groups in total. The Morgan fingerprint density at radius 1 is 1.43 bits per heavy atom. The second-order valence-electron chi connectivity index (χ2n) is 5.97. The summed E-state index contributed by atoms with van der Waals surface area (Å²) in [5.74, 6) is 0. The summed E-state index contributed by atoms with van der Waals surface area (Å²) in [4.78, 5) is 14.1. The number of carbonyl (C=O) groups excluding carboxylic acids is 1. The molecule has 1 aromatic carbocycles. The van der Waals surface area contributed by atoms with Crippen LogP contribution in [0.1, 0.15) is 37.8 Å². The Morgan fingerprint density at radius 2 is 2.10 bits per heavy atom. The summed E-state index contributed by atoms with van der Waals surface area (Å²) in [6, 6.07) is 8.26. The Kier molecular flexibility index (Phi) is 4.88. The van der Waals surface area contributed by atoms with E-state index in [1.165, 1.54) is 11.1 Å². The van der Waals surface area contributed by atoms with Crippen molar-refractivity contribution in [2.45, 2.75) is 45.3 Å². The fraction of sp³-hybridized carbons (Fsp3) is 0.588. The van der Waals surface area contributed by atoms with Crippen LogP contribution in [0.2, 0.25) is 0 Å². The van der Waals surface area contributed by atoms with E-state index in [0.717, 1.165) is 12.8 Å². The predicted molar refractivity (Wildman–Crippen MR) is 84.3 cm³/mol. The number of benzene rings is 1. The van der Waals surface area contributed by atoms with E-state index in [1.54, 1.807) is 4.90 Å². The van der Waals surface area contributed by atoms with Crippen LogP contribution in [0.4, 0.5) is 4.79 Å². The molecule has 2 amide bonds. The van der Waals surface area contributed by atoms with E-state index in [0.29, 0.717) is 13.2 Å². The molecule has 0 saturated heterocycles. The molecule has 0 bridgehead atoms. The third kappa shape index (κ3) is 3.76. The number of aryl methyl sites for hydroxylation is 1. The Morgan fingerprint density at radius 3 is 2.67 bits per heavy atom. The average molecular weight is 290 g/mol. The van der Waals surface area contributed by atoms with Gasteiger partial charge in [-0.15, -0.1) is 0 Å². The first kappa shape index (κ1) is 15.8. The highest BCUT2D eigenvalue weighted by atomic mass is 16.5. The molecule has 0 heterocycles. The molecule has 4 heteroatoms. The number of rotatable bonds is 6. The van der Waals surface area contributed by atoms with E-state index < -0.39 is 0 Å². The molecule has 2 rings (SSSR count). The number of amides is 2. The lowest BCUT2D eigenvalue weighted by molar-refractivity contribution is 0.0576. The minimum Gasteiger partial charge on any atom is -0.377 e. The fourth-order valence-electron chi connectivity index (χ4n) is 2.80. The van der Waals surface area contributed by atoms with Gasteiger partial charge in [0.1, 0.15) is 0 Å². The Hall–Kier alpha value is -1.55. The molecule has 4 nitrogen and oxygen atoms in total. The smallest absolute Gasteiger partial charge is 0.317 e. The second-order valence-corrected chi connectivity index (χ2v) is 5.97. The Labute approximate surface area is 127 Å². The maximum atomic E-state index is 12.4. The van der Waals surface area contributed by atoms with E-state index in [9.17, 15) is 4.79 Å². The highest BCUT2D eigenvalue weighted by Gasteiger charge is 2.46. The number of urea groups is 1. The summed E-state index contributed by atoms with van der Waals surface area (Å²) < 4.78 is 5.49. The zero-order valence-corrected chi connectivity index (χ0v) is 13.5. The number of ether oxygens (including phenoxy) is 1. The molecular formula is C17H26N2O2. The summed E-state index contributed by atoms with van der Waals surface area (Å²) in [5, 5.41) is 3.20. The number of carbonyl (C=O) groups is 1. The van der Waals surface area contributed by atoms with Gasteiger partial charge in [0, 0.05) is 20.2 Å². The number of likely N-dealkylation sites (N-methyl/N-ethyl adjacent to an activating group) is 1. The first-order chi connectivity index (χ1) is 9.98. The summed E-state index contributed by atoms with van der Waals surface area (Å²) in [6.07, 6.45) is 2.08. The van der Waals surface area contributed by atoms with Crippen LogP contribution < -0.4 is 5.32 Å². The molecule has 1 atom stereocenters. The standard InChI is InChI=1S/C17H26N2O2/c1-5-21-14(3)12-19(4)16(20)18-17(10-11-17)15-9-7-6-8-13(15)2/h6-9,14H,5,10-12H2,1-4H3,(H,18,20). The van der Waals surface area contributed by atoms with Gasteiger partial charge >= 0.3 is 6.03 Å². The summed E-state index contributed by atoms with van der Waals surface area (Å²) in [6.45, 7) is 7.32. The van der Waals surface area contributed by atoms with Crippen molar-refractivity contribution >= 4 is 6.03 Å². The van der Waals surface area contributed by atoms with Gasteiger partial charge in [0.05, 0.1) is 11.6 Å². The van der Waals surface area contributed by atoms with E-state index in [4.69, 9.17) is 4.74 Å². The molecule has 1 aliphatic rings. The zero-order chi connectivity index (χ0) is 15.5. The Balaban J connectivity index is 1.98. The number of nitrogens with zero attached hydrogens (tertiary/aromatic N) is 1. The quantitative estimate of drug-likeness (QED) is 0.875. The maximum Gasteiger partial charge on any atom is 0.317 e. The topological polar surface area (TPSA) is 41.6 Å². The molecule has 0 aromatic heterocycles. The van der Waals surface area contributed by atoms with E-state index in [-0.39, 0.29) is 17.7 Å². The van der Waals surface area contributed by atoms with Crippen molar-refractivity contribution in [3.8, 4) is 0 Å². The highest BCUT2D eigenvalue weighted by Crippen LogP contribution is 2.46. The van der Waals surface area contributed by atoms with E-state index in [1.807, 2.05) is 33.0 Å². The van der Waals surface area contributed by atoms with Crippen LogP contribution in [0.5, 0.6) is 0 Å². The number of hydrogen-bond donors (Lipinski definition) is 1. The molecule has 0 radical (unpaired) electrons. The zero-order valence-electron chi connectivity index (χ0n) is 13.5. The maximum absolute atomic E-state index is 12.4. The van der Waals surface area contributed by atoms with Gasteiger partial charge in [-0.2, -0.15) is 0 Å². The first-order valence-corrected chi connectivity index (χ1v) is 7.69. The molecule has 21 heavy (non-hydrogen) atoms. The van der Waals surface area contributed by atoms with Crippen molar-refractivity contribution in [3.05, 3.63) is 35.4 Å². The van der Waals surface area contributed by atoms with Crippen LogP contribution in [-0.4, -0.2) is 37.2 Å². The van der Waals surface area contributed by atoms with Crippen molar-refractivity contribution < 1.29 is 9.53 Å². The van der Waals surface area contributed by atoms with Crippen LogP contribution in [0.25, 0.3) is 0 Å². The van der Waals surface area contributed by atoms with E-state index >= 15 is 0 Å². The highest BCUT2D eigenvalue weighted by molar-refractivity contribution is 5.75. The molecule has 0 aliphatic heterocycles. The molecular weight excluding hydrogens is 264 g/mol. The van der Waals surface area contributed by atoms with Crippen LogP contribution in [0, 0.1) is 6.92 Å². The van der Waals surface area contributed by atoms with Gasteiger partial charge in [-0.05, 0) is 44.7 Å². The molecule has 1 unspecified atom stereocenters. The fourth-order valence-corrected chi connectivity index (χ4v) is 2.80. The van der Waals surface area contributed by atoms with Gasteiger partial charge < -0.3 is 15.0 Å². The summed E-state index contributed by atoms with van der Waals surface area (Å²) in [5.41, 5.74) is 2.32. The van der Waals surface area contributed by atoms with Gasteiger partial charge in [0.15, 0.2) is 0 Å². The lowest BCUT2D eigenvalue weighted by Gasteiger charge is -2.26. The second kappa shape index (κ2) is 6.48. The normalized spacial score (nSPS) is 17.1. The van der Waals surface area contributed by atoms with Crippen molar-refractivity contribution in [3.63, 3.8) is 0 Å². The van der Waals surface area contributed by atoms with Crippen molar-refractivity contribution in [1.29, 1.82) is 0 Å². The van der Waals surface area contributed by atoms with Gasteiger partial charge in [0.2, 0.25) is 0 Å². The predicted octanol–water partition coefficient (Wildman–Crippen LogP) is 3.05. The van der Waals surface area contributed by atoms with Gasteiger partial charge in [-0.3, -0.25) is 0 Å². The van der Waals surface area contributed by atoms with Gasteiger partial charge in [0.25, 0.3) is 0 Å². The third-order valence-corrected chi connectivity index (χ3v) is 4.09. The number of hydrogen-bond acceptors (Lipinski definition) is 2. The molecule has 1 aliphatic carbocycles. The van der Waals surface area contributed by atoms with Crippen LogP contribution in [-0.2, 0) is 10.3 Å². The van der Waals surface area contributed by atoms with Crippen LogP contribution in [0.15, 0.2) is 24.3 Å². The molecule has 1 aromatic rings. The first-order valence-electron chi connectivity index (χ1n) is 7.69. The largest absolute Gasteiger partial charge is 0.377 e. The monoisotopic (exact) mass is 290 g/mol. The van der Waals surface area contributed by atoms with Crippen LogP contribution >= 0.6 is 0 Å². The van der Waals surface area contributed by atoms with Crippen molar-refractivity contribution in [2.24, 2.45) is 0 Å². The minimum atomic E-state index is -0.161. The lowest BCUT2D eigenvalue weighted by Crippen LogP contribution is -2.45. The minimum absolute atomic E-state index is 0.0256. The van der Waals surface area contributed by atoms with Gasteiger partial charge in [-0.25, -0.2) is 4.79 Å². The molecule has 116 valence electrons.